The van der Waals surface area contributed by atoms with Crippen LogP contribution in [0.3, 0.4) is 0 Å². The van der Waals surface area contributed by atoms with E-state index in [1.165, 1.54) is 55.5 Å². The van der Waals surface area contributed by atoms with E-state index in [0.29, 0.717) is 0 Å². The van der Waals surface area contributed by atoms with Gasteiger partial charge in [-0.05, 0) is 109 Å². The number of benzene rings is 9. The van der Waals surface area contributed by atoms with Gasteiger partial charge in [-0.2, -0.15) is 0 Å². The van der Waals surface area contributed by atoms with Crippen LogP contribution in [0.4, 0.5) is 0 Å². The van der Waals surface area contributed by atoms with Crippen molar-refractivity contribution in [2.75, 3.05) is 0 Å². The van der Waals surface area contributed by atoms with E-state index in [-0.39, 0.29) is 0 Å². The van der Waals surface area contributed by atoms with Crippen molar-refractivity contribution < 1.29 is 9.15 Å². The Hall–Kier alpha value is -7.16. The SMILES string of the molecule is c1ccc(C2(c3ccccc3)c3ccccc3-c3ccc(-c4ccc5c6c(cccc46)-c4cc(-c6ccc7oc8ccccc8c7c6)ccc4O5)cc32)cc1. The van der Waals surface area contributed by atoms with E-state index in [1.54, 1.807) is 0 Å². The molecule has 2 nitrogen and oxygen atoms in total. The number of fused-ring (bicyclic) bond motifs is 8. The second kappa shape index (κ2) is 11.4. The summed E-state index contributed by atoms with van der Waals surface area (Å²) in [6, 6.07) is 70.4. The number of furan rings is 1. The summed E-state index contributed by atoms with van der Waals surface area (Å²) in [5.74, 6) is 1.76. The van der Waals surface area contributed by atoms with Gasteiger partial charge in [0.25, 0.3) is 0 Å². The fraction of sp³-hybridized carbons (Fsp3) is 0.0189. The van der Waals surface area contributed by atoms with Crippen molar-refractivity contribution >= 4 is 32.7 Å². The van der Waals surface area contributed by atoms with E-state index in [2.05, 4.69) is 182 Å². The molecule has 256 valence electrons. The van der Waals surface area contributed by atoms with Crippen molar-refractivity contribution in [1.82, 2.24) is 0 Å². The molecule has 1 aromatic heterocycles. The smallest absolute Gasteiger partial charge is 0.135 e. The van der Waals surface area contributed by atoms with Crippen molar-refractivity contribution in [2.45, 2.75) is 5.41 Å². The minimum Gasteiger partial charge on any atom is -0.456 e. The Kier molecular flexibility index (Phi) is 6.29. The molecule has 0 atom stereocenters. The lowest BCUT2D eigenvalue weighted by Gasteiger charge is -2.34. The van der Waals surface area contributed by atoms with E-state index in [0.717, 1.165) is 55.5 Å². The van der Waals surface area contributed by atoms with Crippen LogP contribution in [0.2, 0.25) is 0 Å². The quantitative estimate of drug-likeness (QED) is 0.182. The van der Waals surface area contributed by atoms with Gasteiger partial charge in [-0.3, -0.25) is 0 Å². The number of para-hydroxylation sites is 1. The summed E-state index contributed by atoms with van der Waals surface area (Å²) in [7, 11) is 0. The molecule has 1 aliphatic heterocycles. The van der Waals surface area contributed by atoms with Crippen molar-refractivity contribution in [1.29, 1.82) is 0 Å². The van der Waals surface area contributed by atoms with Crippen molar-refractivity contribution in [2.24, 2.45) is 0 Å². The van der Waals surface area contributed by atoms with E-state index in [4.69, 9.17) is 9.15 Å². The first kappa shape index (κ1) is 30.3. The van der Waals surface area contributed by atoms with E-state index in [1.807, 2.05) is 12.1 Å². The molecule has 0 N–H and O–H groups in total. The molecule has 0 radical (unpaired) electrons. The predicted octanol–water partition coefficient (Wildman–Crippen LogP) is 14.2. The highest BCUT2D eigenvalue weighted by atomic mass is 16.5. The maximum Gasteiger partial charge on any atom is 0.135 e. The largest absolute Gasteiger partial charge is 0.456 e. The minimum absolute atomic E-state index is 0.457. The highest BCUT2D eigenvalue weighted by Gasteiger charge is 2.46. The third kappa shape index (κ3) is 4.25. The van der Waals surface area contributed by atoms with Crippen LogP contribution in [0.1, 0.15) is 22.3 Å². The first-order valence-electron chi connectivity index (χ1n) is 18.9. The van der Waals surface area contributed by atoms with E-state index < -0.39 is 5.41 Å². The molecule has 0 saturated heterocycles. The molecular formula is C53H32O2. The molecule has 10 aromatic rings. The molecule has 55 heavy (non-hydrogen) atoms. The molecule has 0 fully saturated rings. The summed E-state index contributed by atoms with van der Waals surface area (Å²) in [5, 5.41) is 4.58. The minimum atomic E-state index is -0.457. The van der Waals surface area contributed by atoms with Gasteiger partial charge < -0.3 is 9.15 Å². The Labute approximate surface area is 318 Å². The van der Waals surface area contributed by atoms with Gasteiger partial charge in [0.2, 0.25) is 0 Å². The fourth-order valence-electron chi connectivity index (χ4n) is 9.58. The Balaban J connectivity index is 1.04. The molecular weight excluding hydrogens is 669 g/mol. The van der Waals surface area contributed by atoms with Gasteiger partial charge in [-0.1, -0.05) is 152 Å². The Morgan fingerprint density at radius 2 is 0.945 bits per heavy atom. The van der Waals surface area contributed by atoms with Gasteiger partial charge in [-0.15, -0.1) is 0 Å². The zero-order valence-corrected chi connectivity index (χ0v) is 29.8. The van der Waals surface area contributed by atoms with Gasteiger partial charge in [0.05, 0.1) is 5.41 Å². The van der Waals surface area contributed by atoms with Crippen LogP contribution in [0.15, 0.2) is 199 Å². The normalized spacial score (nSPS) is 13.4. The Bertz CT molecular complexity index is 3130. The summed E-state index contributed by atoms with van der Waals surface area (Å²) < 4.78 is 12.8. The fourth-order valence-corrected chi connectivity index (χ4v) is 9.58. The lowest BCUT2D eigenvalue weighted by Crippen LogP contribution is -2.28. The maximum atomic E-state index is 6.70. The second-order valence-electron chi connectivity index (χ2n) is 14.7. The molecule has 0 spiro atoms. The number of hydrogen-bond acceptors (Lipinski definition) is 2. The van der Waals surface area contributed by atoms with Gasteiger partial charge in [0, 0.05) is 21.7 Å². The number of ether oxygens (including phenoxy) is 1. The Morgan fingerprint density at radius 1 is 0.327 bits per heavy atom. The van der Waals surface area contributed by atoms with Crippen LogP contribution in [-0.2, 0) is 5.41 Å². The molecule has 2 heteroatoms. The third-order valence-electron chi connectivity index (χ3n) is 12.0. The third-order valence-corrected chi connectivity index (χ3v) is 12.0. The van der Waals surface area contributed by atoms with Crippen molar-refractivity contribution in [3.8, 4) is 56.0 Å². The maximum absolute atomic E-state index is 6.70. The first-order valence-corrected chi connectivity index (χ1v) is 18.9. The first-order chi connectivity index (χ1) is 27.3. The Morgan fingerprint density at radius 3 is 1.80 bits per heavy atom. The van der Waals surface area contributed by atoms with Crippen molar-refractivity contribution in [3.05, 3.63) is 216 Å². The lowest BCUT2D eigenvalue weighted by molar-refractivity contribution is 0.487. The molecule has 0 unspecified atom stereocenters. The molecule has 0 saturated carbocycles. The summed E-state index contributed by atoms with van der Waals surface area (Å²) in [4.78, 5) is 0. The molecule has 1 aliphatic carbocycles. The van der Waals surface area contributed by atoms with Crippen molar-refractivity contribution in [3.63, 3.8) is 0 Å². The zero-order valence-electron chi connectivity index (χ0n) is 29.8. The lowest BCUT2D eigenvalue weighted by atomic mass is 9.67. The number of rotatable bonds is 4. The summed E-state index contributed by atoms with van der Waals surface area (Å²) in [6.07, 6.45) is 0. The van der Waals surface area contributed by atoms with Crippen LogP contribution >= 0.6 is 0 Å². The van der Waals surface area contributed by atoms with Gasteiger partial charge >= 0.3 is 0 Å². The molecule has 2 heterocycles. The summed E-state index contributed by atoms with van der Waals surface area (Å²) in [6.45, 7) is 0. The van der Waals surface area contributed by atoms with Gasteiger partial charge in [0.15, 0.2) is 0 Å². The molecule has 12 rings (SSSR count). The zero-order chi connectivity index (χ0) is 36.1. The topological polar surface area (TPSA) is 22.4 Å². The average Bonchev–Trinajstić information content (AvgIpc) is 3.77. The molecule has 0 bridgehead atoms. The predicted molar refractivity (Wildman–Crippen MR) is 225 cm³/mol. The average molecular weight is 701 g/mol. The van der Waals surface area contributed by atoms with E-state index in [9.17, 15) is 0 Å². The highest BCUT2D eigenvalue weighted by molar-refractivity contribution is 6.11. The van der Waals surface area contributed by atoms with Gasteiger partial charge in [0.1, 0.15) is 22.7 Å². The van der Waals surface area contributed by atoms with Gasteiger partial charge in [-0.25, -0.2) is 0 Å². The molecule has 2 aliphatic rings. The van der Waals surface area contributed by atoms with Crippen LogP contribution in [0, 0.1) is 0 Å². The van der Waals surface area contributed by atoms with E-state index >= 15 is 0 Å². The second-order valence-corrected chi connectivity index (χ2v) is 14.7. The summed E-state index contributed by atoms with van der Waals surface area (Å²) in [5.41, 5.74) is 16.0. The highest BCUT2D eigenvalue weighted by Crippen LogP contribution is 2.57. The molecule has 0 amide bonds. The van der Waals surface area contributed by atoms with Crippen LogP contribution in [0.5, 0.6) is 11.5 Å². The van der Waals surface area contributed by atoms with Crippen LogP contribution in [0.25, 0.3) is 77.2 Å². The standard InChI is InChI=1S/C53H32O2/c1-3-12-36(13-4-1)53(37-14-5-2-6-15-37)46-20-9-7-16-39(46)40-25-22-35(32-47(40)53)38-26-29-51-52-42(38)18-11-19-43(52)45-31-34(24-28-50(45)55-51)33-23-27-49-44(30-33)41-17-8-10-21-48(41)54-49/h1-32H. The van der Waals surface area contributed by atoms with Crippen LogP contribution in [-0.4, -0.2) is 0 Å². The summed E-state index contributed by atoms with van der Waals surface area (Å²) >= 11 is 0. The monoisotopic (exact) mass is 700 g/mol. The molecule has 9 aromatic carbocycles. The number of hydrogen-bond donors (Lipinski definition) is 0. The van der Waals surface area contributed by atoms with Crippen LogP contribution < -0.4 is 4.74 Å².